The molecule has 4 rings (SSSR count). The van der Waals surface area contributed by atoms with Crippen LogP contribution in [-0.2, 0) is 25.5 Å². The summed E-state index contributed by atoms with van der Waals surface area (Å²) in [5.74, 6) is -1.54. The van der Waals surface area contributed by atoms with Crippen molar-refractivity contribution < 1.29 is 28.4 Å². The van der Waals surface area contributed by atoms with Crippen LogP contribution in [0.5, 0.6) is 0 Å². The maximum Gasteiger partial charge on any atom is 0.330 e. The van der Waals surface area contributed by atoms with Gasteiger partial charge in [-0.1, -0.05) is 11.2 Å². The molecule has 2 aromatic rings. The molecule has 4 heterocycles. The molecule has 0 aromatic carbocycles. The van der Waals surface area contributed by atoms with Crippen LogP contribution in [0.2, 0.25) is 0 Å². The highest BCUT2D eigenvalue weighted by atomic mass is 16.5. The summed E-state index contributed by atoms with van der Waals surface area (Å²) < 4.78 is 11.2. The summed E-state index contributed by atoms with van der Waals surface area (Å²) in [5.41, 5.74) is 0.186. The molecule has 196 valence electrons. The van der Waals surface area contributed by atoms with Crippen LogP contribution in [0.1, 0.15) is 54.2 Å². The summed E-state index contributed by atoms with van der Waals surface area (Å²) in [6.07, 6.45) is 4.55. The summed E-state index contributed by atoms with van der Waals surface area (Å²) >= 11 is 0. The molecular weight excluding hydrogens is 482 g/mol. The molecule has 2 aliphatic heterocycles. The van der Waals surface area contributed by atoms with Gasteiger partial charge in [0.2, 0.25) is 11.8 Å². The molecule has 0 aliphatic carbocycles. The quantitative estimate of drug-likeness (QED) is 0.332. The summed E-state index contributed by atoms with van der Waals surface area (Å²) in [6, 6.07) is 3.21. The van der Waals surface area contributed by atoms with Crippen LogP contribution in [0, 0.1) is 12.8 Å². The van der Waals surface area contributed by atoms with Crippen LogP contribution in [0.3, 0.4) is 0 Å². The van der Waals surface area contributed by atoms with E-state index in [4.69, 9.17) is 9.26 Å². The Bertz CT molecular complexity index is 1290. The number of hydrogen-bond acceptors (Lipinski definition) is 8. The van der Waals surface area contributed by atoms with Crippen molar-refractivity contribution >= 4 is 29.4 Å². The number of anilines is 1. The number of fused-ring (bicyclic) bond motifs is 1. The van der Waals surface area contributed by atoms with E-state index in [1.165, 1.54) is 28.9 Å². The van der Waals surface area contributed by atoms with Crippen molar-refractivity contribution in [2.75, 3.05) is 18.5 Å². The van der Waals surface area contributed by atoms with Crippen LogP contribution in [0.15, 0.2) is 39.7 Å². The molecule has 12 nitrogen and oxygen atoms in total. The predicted molar refractivity (Wildman–Crippen MR) is 131 cm³/mol. The average molecular weight is 512 g/mol. The Labute approximate surface area is 212 Å². The van der Waals surface area contributed by atoms with Crippen molar-refractivity contribution in [2.45, 2.75) is 51.6 Å². The largest absolute Gasteiger partial charge is 0.463 e. The first-order chi connectivity index (χ1) is 17.8. The summed E-state index contributed by atoms with van der Waals surface area (Å²) in [6.45, 7) is 4.10. The Balaban J connectivity index is 1.52. The van der Waals surface area contributed by atoms with Gasteiger partial charge in [-0.25, -0.2) is 4.79 Å². The summed E-state index contributed by atoms with van der Waals surface area (Å²) in [5, 5.41) is 11.8. The van der Waals surface area contributed by atoms with E-state index in [-0.39, 0.29) is 29.8 Å². The smallest absolute Gasteiger partial charge is 0.330 e. The summed E-state index contributed by atoms with van der Waals surface area (Å²) in [4.78, 5) is 63.0. The van der Waals surface area contributed by atoms with E-state index in [0.717, 1.165) is 0 Å². The lowest BCUT2D eigenvalue weighted by molar-refractivity contribution is -0.137. The molecule has 0 spiro atoms. The van der Waals surface area contributed by atoms with Crippen molar-refractivity contribution in [3.05, 3.63) is 57.9 Å². The molecule has 37 heavy (non-hydrogen) atoms. The molecule has 0 saturated carbocycles. The van der Waals surface area contributed by atoms with Gasteiger partial charge in [0.05, 0.1) is 6.61 Å². The van der Waals surface area contributed by atoms with Crippen LogP contribution in [0.25, 0.3) is 0 Å². The zero-order chi connectivity index (χ0) is 26.5. The van der Waals surface area contributed by atoms with E-state index in [2.05, 4.69) is 21.1 Å². The fourth-order valence-electron chi connectivity index (χ4n) is 4.58. The molecule has 0 unspecified atom stereocenters. The van der Waals surface area contributed by atoms with Gasteiger partial charge in [-0.05, 0) is 51.7 Å². The van der Waals surface area contributed by atoms with Gasteiger partial charge in [0.1, 0.15) is 17.5 Å². The first-order valence-corrected chi connectivity index (χ1v) is 12.2. The highest BCUT2D eigenvalue weighted by Gasteiger charge is 2.33. The van der Waals surface area contributed by atoms with E-state index in [1.54, 1.807) is 19.9 Å². The van der Waals surface area contributed by atoms with Crippen molar-refractivity contribution in [2.24, 2.45) is 5.92 Å². The number of amides is 3. The van der Waals surface area contributed by atoms with Gasteiger partial charge in [-0.3, -0.25) is 23.7 Å². The second-order valence-corrected chi connectivity index (χ2v) is 8.98. The van der Waals surface area contributed by atoms with Gasteiger partial charge in [0, 0.05) is 36.3 Å². The standard InChI is InChI=1S/C25H29N5O7/c1-3-36-21(31)9-4-16(13-15-10-11-26-22(15)32)27-24(34)20-8-6-17-5-7-18(25(35)30(17)20)28-23(33)19-12-14(2)37-29-19/h4-5,7,9,12,15-16,20H,3,6,8,10-11,13H2,1-2H3,(H,26,32)(H,27,34)(H,28,33)/b9-4+/t15-,16+,20-/m0/s1. The Hall–Kier alpha value is -4.22. The fourth-order valence-corrected chi connectivity index (χ4v) is 4.58. The number of esters is 1. The van der Waals surface area contributed by atoms with Gasteiger partial charge >= 0.3 is 5.97 Å². The fraction of sp³-hybridized carbons (Fsp3) is 0.440. The third-order valence-corrected chi connectivity index (χ3v) is 6.38. The maximum atomic E-state index is 13.3. The lowest BCUT2D eigenvalue weighted by atomic mass is 9.97. The number of rotatable bonds is 9. The molecule has 2 aliphatic rings. The minimum atomic E-state index is -0.815. The zero-order valence-electron chi connectivity index (χ0n) is 20.6. The third kappa shape index (κ3) is 5.96. The van der Waals surface area contributed by atoms with Crippen molar-refractivity contribution in [3.63, 3.8) is 0 Å². The monoisotopic (exact) mass is 511 g/mol. The first-order valence-electron chi connectivity index (χ1n) is 12.2. The highest BCUT2D eigenvalue weighted by Crippen LogP contribution is 2.26. The predicted octanol–water partition coefficient (Wildman–Crippen LogP) is 1.01. The normalized spacial score (nSPS) is 19.4. The molecule has 3 atom stereocenters. The molecule has 1 fully saturated rings. The molecule has 0 bridgehead atoms. The molecule has 0 radical (unpaired) electrons. The number of nitrogens with one attached hydrogen (secondary N) is 3. The number of hydrogen-bond donors (Lipinski definition) is 3. The van der Waals surface area contributed by atoms with E-state index in [0.29, 0.717) is 43.7 Å². The minimum absolute atomic E-state index is 0.00971. The molecular formula is C25H29N5O7. The van der Waals surface area contributed by atoms with Crippen molar-refractivity contribution in [1.82, 2.24) is 20.4 Å². The number of nitrogens with zero attached hydrogens (tertiary/aromatic N) is 2. The Morgan fingerprint density at radius 1 is 1.30 bits per heavy atom. The van der Waals surface area contributed by atoms with E-state index in [1.807, 2.05) is 0 Å². The van der Waals surface area contributed by atoms with Gasteiger partial charge in [0.15, 0.2) is 5.69 Å². The molecule has 3 amide bonds. The number of aryl methyl sites for hydroxylation is 2. The number of pyridine rings is 1. The van der Waals surface area contributed by atoms with Gasteiger partial charge in [0.25, 0.3) is 11.5 Å². The lowest BCUT2D eigenvalue weighted by Crippen LogP contribution is -2.42. The molecule has 1 saturated heterocycles. The molecule has 2 aromatic heterocycles. The summed E-state index contributed by atoms with van der Waals surface area (Å²) in [7, 11) is 0. The maximum absolute atomic E-state index is 13.3. The highest BCUT2D eigenvalue weighted by molar-refractivity contribution is 6.02. The zero-order valence-corrected chi connectivity index (χ0v) is 20.6. The van der Waals surface area contributed by atoms with Gasteiger partial charge in [-0.15, -0.1) is 0 Å². The van der Waals surface area contributed by atoms with E-state index >= 15 is 0 Å². The van der Waals surface area contributed by atoms with Gasteiger partial charge in [-0.2, -0.15) is 0 Å². The molecule has 12 heteroatoms. The Morgan fingerprint density at radius 3 is 2.78 bits per heavy atom. The van der Waals surface area contributed by atoms with Gasteiger partial charge < -0.3 is 25.2 Å². The number of carbonyl (C=O) groups is 4. The van der Waals surface area contributed by atoms with Crippen LogP contribution in [-0.4, -0.2) is 52.6 Å². The van der Waals surface area contributed by atoms with Crippen molar-refractivity contribution in [3.8, 4) is 0 Å². The van der Waals surface area contributed by atoms with E-state index in [9.17, 15) is 24.0 Å². The first kappa shape index (κ1) is 25.9. The lowest BCUT2D eigenvalue weighted by Gasteiger charge is -2.21. The van der Waals surface area contributed by atoms with E-state index < -0.39 is 35.4 Å². The number of ether oxygens (including phenoxy) is 1. The number of aromatic nitrogens is 2. The van der Waals surface area contributed by atoms with Crippen LogP contribution >= 0.6 is 0 Å². The Kier molecular flexibility index (Phi) is 7.85. The van der Waals surface area contributed by atoms with Crippen molar-refractivity contribution in [1.29, 1.82) is 0 Å². The number of carbonyl (C=O) groups excluding carboxylic acids is 4. The Morgan fingerprint density at radius 2 is 2.11 bits per heavy atom. The molecule has 3 N–H and O–H groups in total. The topological polar surface area (TPSA) is 162 Å². The minimum Gasteiger partial charge on any atom is -0.463 e. The SMILES string of the molecule is CCOC(=O)/C=C/[C@H](C[C@@H]1CCNC1=O)NC(=O)[C@@H]1CCc2ccc(NC(=O)c3cc(C)on3)c(=O)n21. The third-order valence-electron chi connectivity index (χ3n) is 6.38. The van der Waals surface area contributed by atoms with Crippen LogP contribution in [0.4, 0.5) is 5.69 Å². The second-order valence-electron chi connectivity index (χ2n) is 8.98. The van der Waals surface area contributed by atoms with Crippen LogP contribution < -0.4 is 21.5 Å². The second kappa shape index (κ2) is 11.2. The average Bonchev–Trinajstić information content (AvgIpc) is 3.60.